The van der Waals surface area contributed by atoms with Crippen molar-refractivity contribution in [1.82, 2.24) is 24.6 Å². The Morgan fingerprint density at radius 2 is 2.43 bits per heavy atom. The van der Waals surface area contributed by atoms with Crippen LogP contribution in [0.25, 0.3) is 0 Å². The first kappa shape index (κ1) is 14.1. The maximum Gasteiger partial charge on any atom is 0.244 e. The molecule has 0 aliphatic carbocycles. The Morgan fingerprint density at radius 1 is 1.57 bits per heavy atom. The van der Waals surface area contributed by atoms with E-state index in [2.05, 4.69) is 15.1 Å². The number of H-pyrrole nitrogens is 1. The van der Waals surface area contributed by atoms with Crippen LogP contribution in [0, 0.1) is 6.92 Å². The molecular formula is C13H16ClN5O2. The highest BCUT2D eigenvalue weighted by atomic mass is 35.5. The van der Waals surface area contributed by atoms with Crippen molar-refractivity contribution in [1.29, 1.82) is 0 Å². The number of halogens is 1. The van der Waals surface area contributed by atoms with E-state index in [-0.39, 0.29) is 18.6 Å². The van der Waals surface area contributed by atoms with Gasteiger partial charge in [0, 0.05) is 24.6 Å². The molecule has 0 saturated carbocycles. The van der Waals surface area contributed by atoms with Gasteiger partial charge in [0.2, 0.25) is 5.91 Å². The number of imidazole rings is 1. The van der Waals surface area contributed by atoms with E-state index in [1.165, 1.54) is 10.9 Å². The summed E-state index contributed by atoms with van der Waals surface area (Å²) in [4.78, 5) is 21.5. The molecule has 3 rings (SSSR count). The second kappa shape index (κ2) is 5.87. The number of aryl methyl sites for hydroxylation is 1. The third kappa shape index (κ3) is 3.25. The number of carbonyl (C=O) groups excluding carboxylic acids is 1. The molecule has 1 aliphatic rings. The predicted octanol–water partition coefficient (Wildman–Crippen LogP) is 1.17. The number of aromatic nitrogens is 4. The van der Waals surface area contributed by atoms with E-state index in [0.29, 0.717) is 24.7 Å². The average Bonchev–Trinajstić information content (AvgIpc) is 3.08. The zero-order valence-corrected chi connectivity index (χ0v) is 12.4. The van der Waals surface area contributed by atoms with Gasteiger partial charge in [-0.25, -0.2) is 4.98 Å². The van der Waals surface area contributed by atoms with E-state index in [9.17, 15) is 4.79 Å². The first-order chi connectivity index (χ1) is 10.1. The van der Waals surface area contributed by atoms with Crippen LogP contribution in [-0.2, 0) is 16.1 Å². The molecule has 21 heavy (non-hydrogen) atoms. The molecule has 1 saturated heterocycles. The quantitative estimate of drug-likeness (QED) is 0.923. The number of ether oxygens (including phenoxy) is 1. The van der Waals surface area contributed by atoms with E-state index in [1.54, 1.807) is 17.3 Å². The smallest absolute Gasteiger partial charge is 0.244 e. The highest BCUT2D eigenvalue weighted by molar-refractivity contribution is 6.30. The summed E-state index contributed by atoms with van der Waals surface area (Å²) in [5.74, 6) is 0.749. The molecule has 1 atom stereocenters. The number of carbonyl (C=O) groups is 1. The largest absolute Gasteiger partial charge is 0.367 e. The molecule has 3 heterocycles. The molecule has 1 aliphatic heterocycles. The second-order valence-corrected chi connectivity index (χ2v) is 5.44. The van der Waals surface area contributed by atoms with Gasteiger partial charge < -0.3 is 14.6 Å². The van der Waals surface area contributed by atoms with Gasteiger partial charge in [-0.1, -0.05) is 11.6 Å². The van der Waals surface area contributed by atoms with Crippen LogP contribution >= 0.6 is 11.6 Å². The molecular weight excluding hydrogens is 294 g/mol. The molecule has 0 bridgehead atoms. The summed E-state index contributed by atoms with van der Waals surface area (Å²) in [6, 6.07) is 0. The van der Waals surface area contributed by atoms with E-state index in [4.69, 9.17) is 16.3 Å². The molecule has 1 fully saturated rings. The van der Waals surface area contributed by atoms with Gasteiger partial charge in [0.05, 0.1) is 24.4 Å². The maximum absolute atomic E-state index is 12.3. The van der Waals surface area contributed by atoms with Crippen LogP contribution in [0.3, 0.4) is 0 Å². The maximum atomic E-state index is 12.3. The molecule has 112 valence electrons. The van der Waals surface area contributed by atoms with Crippen LogP contribution in [0.4, 0.5) is 0 Å². The minimum Gasteiger partial charge on any atom is -0.367 e. The summed E-state index contributed by atoms with van der Waals surface area (Å²) in [5, 5.41) is 4.54. The van der Waals surface area contributed by atoms with Crippen molar-refractivity contribution < 1.29 is 9.53 Å². The lowest BCUT2D eigenvalue weighted by Gasteiger charge is -2.32. The Morgan fingerprint density at radius 3 is 3.10 bits per heavy atom. The Hall–Kier alpha value is -1.86. The Labute approximate surface area is 126 Å². The number of nitrogens with one attached hydrogen (secondary N) is 1. The fourth-order valence-electron chi connectivity index (χ4n) is 2.30. The minimum absolute atomic E-state index is 0.00801. The molecule has 0 spiro atoms. The van der Waals surface area contributed by atoms with Gasteiger partial charge >= 0.3 is 0 Å². The number of morpholine rings is 1. The fraction of sp³-hybridized carbons (Fsp3) is 0.462. The highest BCUT2D eigenvalue weighted by Gasteiger charge is 2.27. The predicted molar refractivity (Wildman–Crippen MR) is 75.8 cm³/mol. The van der Waals surface area contributed by atoms with E-state index < -0.39 is 0 Å². The number of nitrogens with zero attached hydrogens (tertiary/aromatic N) is 4. The van der Waals surface area contributed by atoms with Gasteiger partial charge in [0.1, 0.15) is 18.5 Å². The molecule has 0 unspecified atom stereocenters. The summed E-state index contributed by atoms with van der Waals surface area (Å²) < 4.78 is 7.21. The van der Waals surface area contributed by atoms with E-state index in [0.717, 1.165) is 11.5 Å². The molecule has 0 aromatic carbocycles. The van der Waals surface area contributed by atoms with Crippen molar-refractivity contribution in [2.45, 2.75) is 19.6 Å². The van der Waals surface area contributed by atoms with Crippen molar-refractivity contribution in [3.05, 3.63) is 35.1 Å². The number of aromatic amines is 1. The first-order valence-corrected chi connectivity index (χ1v) is 7.08. The minimum atomic E-state index is -0.211. The van der Waals surface area contributed by atoms with Crippen LogP contribution in [-0.4, -0.2) is 50.3 Å². The normalized spacial score (nSPS) is 19.0. The third-order valence-corrected chi connectivity index (χ3v) is 3.54. The zero-order chi connectivity index (χ0) is 14.8. The molecule has 2 aromatic heterocycles. The summed E-state index contributed by atoms with van der Waals surface area (Å²) in [6.45, 7) is 3.67. The Balaban J connectivity index is 1.64. The van der Waals surface area contributed by atoms with Gasteiger partial charge in [0.15, 0.2) is 0 Å². The molecule has 7 nitrogen and oxygen atoms in total. The van der Waals surface area contributed by atoms with Gasteiger partial charge in [-0.15, -0.1) is 0 Å². The second-order valence-electron chi connectivity index (χ2n) is 5.01. The molecule has 1 N–H and O–H groups in total. The SMILES string of the molecule is Cc1cnc([C@H]2CN(C(=O)Cn3cc(Cl)cn3)CCO2)[nH]1. The number of amides is 1. The van der Waals surface area contributed by atoms with Crippen molar-refractivity contribution >= 4 is 17.5 Å². The average molecular weight is 310 g/mol. The molecule has 8 heteroatoms. The summed E-state index contributed by atoms with van der Waals surface area (Å²) >= 11 is 5.79. The van der Waals surface area contributed by atoms with Gasteiger partial charge in [0.25, 0.3) is 0 Å². The Bertz CT molecular complexity index is 638. The van der Waals surface area contributed by atoms with Gasteiger partial charge in [-0.05, 0) is 6.92 Å². The van der Waals surface area contributed by atoms with Crippen molar-refractivity contribution in [3.63, 3.8) is 0 Å². The van der Waals surface area contributed by atoms with E-state index >= 15 is 0 Å². The van der Waals surface area contributed by atoms with Crippen LogP contribution in [0.2, 0.25) is 5.02 Å². The lowest BCUT2D eigenvalue weighted by Crippen LogP contribution is -2.44. The van der Waals surface area contributed by atoms with E-state index in [1.807, 2.05) is 6.92 Å². The first-order valence-electron chi connectivity index (χ1n) is 6.70. The third-order valence-electron chi connectivity index (χ3n) is 3.35. The summed E-state index contributed by atoms with van der Waals surface area (Å²) in [5.41, 5.74) is 0.975. The zero-order valence-electron chi connectivity index (χ0n) is 11.6. The summed E-state index contributed by atoms with van der Waals surface area (Å²) in [6.07, 6.45) is 4.69. The highest BCUT2D eigenvalue weighted by Crippen LogP contribution is 2.20. The standard InChI is InChI=1S/C13H16ClN5O2/c1-9-4-15-13(17-9)11-7-18(2-3-21-11)12(20)8-19-6-10(14)5-16-19/h4-6,11H,2-3,7-8H2,1H3,(H,15,17)/t11-/m1/s1. The van der Waals surface area contributed by atoms with Crippen LogP contribution in [0.15, 0.2) is 18.6 Å². The monoisotopic (exact) mass is 309 g/mol. The van der Waals surface area contributed by atoms with Gasteiger partial charge in [-0.3, -0.25) is 9.48 Å². The number of hydrogen-bond donors (Lipinski definition) is 1. The van der Waals surface area contributed by atoms with Crippen molar-refractivity contribution in [3.8, 4) is 0 Å². The van der Waals surface area contributed by atoms with Crippen LogP contribution < -0.4 is 0 Å². The Kier molecular flexibility index (Phi) is 3.94. The van der Waals surface area contributed by atoms with Crippen molar-refractivity contribution in [2.24, 2.45) is 0 Å². The van der Waals surface area contributed by atoms with Gasteiger partial charge in [-0.2, -0.15) is 5.10 Å². The lowest BCUT2D eigenvalue weighted by atomic mass is 10.2. The van der Waals surface area contributed by atoms with Crippen LogP contribution in [0.5, 0.6) is 0 Å². The molecule has 2 aromatic rings. The summed E-state index contributed by atoms with van der Waals surface area (Å²) in [7, 11) is 0. The topological polar surface area (TPSA) is 76.0 Å². The number of hydrogen-bond acceptors (Lipinski definition) is 4. The van der Waals surface area contributed by atoms with Crippen molar-refractivity contribution in [2.75, 3.05) is 19.7 Å². The van der Waals surface area contributed by atoms with Crippen LogP contribution in [0.1, 0.15) is 17.6 Å². The lowest BCUT2D eigenvalue weighted by molar-refractivity contribution is -0.140. The fourth-order valence-corrected chi connectivity index (χ4v) is 2.46. The molecule has 1 amide bonds. The number of rotatable bonds is 3. The molecule has 0 radical (unpaired) electrons.